The Morgan fingerprint density at radius 2 is 1.60 bits per heavy atom. The summed E-state index contributed by atoms with van der Waals surface area (Å²) in [5.41, 5.74) is 3.96. The van der Waals surface area contributed by atoms with Crippen LogP contribution in [0.1, 0.15) is 117 Å². The minimum absolute atomic E-state index is 0.00762. The van der Waals surface area contributed by atoms with Gasteiger partial charge in [0.25, 0.3) is 11.5 Å². The zero-order valence-corrected chi connectivity index (χ0v) is 49.5. The fourth-order valence-corrected chi connectivity index (χ4v) is 9.65. The highest BCUT2D eigenvalue weighted by molar-refractivity contribution is 8.07. The Morgan fingerprint density at radius 1 is 0.949 bits per heavy atom. The molecule has 4 aromatic rings. The van der Waals surface area contributed by atoms with Gasteiger partial charge in [0, 0.05) is 101 Å². The molecule has 3 amide bonds. The van der Waals surface area contributed by atoms with Crippen molar-refractivity contribution in [2.45, 2.75) is 137 Å². The molecule has 7 rings (SSSR count). The SMILES string of the molecule is C=N/C(C)=C(\SC)c1ccc(CNC(=O)C2CCCN2C=O)c(OCCCCCN2CCN(Cc3c(OC)cc(-c4cn(C)c(=O)c5cnccc45)cc3OC)CC2)c1.CC(NC(=O)C1(F)CC1)C(C)(C)C.COC(C)(C)C. The van der Waals surface area contributed by atoms with Gasteiger partial charge >= 0.3 is 0 Å². The van der Waals surface area contributed by atoms with Crippen molar-refractivity contribution in [2.24, 2.45) is 17.5 Å². The number of pyridine rings is 2. The van der Waals surface area contributed by atoms with Gasteiger partial charge in [0.05, 0.1) is 43.1 Å². The molecule has 1 saturated carbocycles. The Bertz CT molecular complexity index is 2730. The van der Waals surface area contributed by atoms with Gasteiger partial charge < -0.3 is 43.9 Å². The summed E-state index contributed by atoms with van der Waals surface area (Å²) in [6, 6.07) is 11.6. The first kappa shape index (κ1) is 63.0. The van der Waals surface area contributed by atoms with E-state index in [0.717, 1.165) is 126 Å². The number of halogens is 1. The van der Waals surface area contributed by atoms with Crippen LogP contribution in [0.3, 0.4) is 0 Å². The number of hydrogen-bond acceptors (Lipinski definition) is 13. The number of piperazine rings is 1. The third-order valence-corrected chi connectivity index (χ3v) is 15.7. The Balaban J connectivity index is 0.000000497. The molecular formula is C60H87FN8O8S. The number of likely N-dealkylation sites (tertiary alicyclic amines) is 1. The molecule has 2 aliphatic heterocycles. The maximum absolute atomic E-state index is 13.2. The van der Waals surface area contributed by atoms with Gasteiger partial charge in [0.15, 0.2) is 5.67 Å². The predicted molar refractivity (Wildman–Crippen MR) is 313 cm³/mol. The molecule has 3 fully saturated rings. The zero-order chi connectivity index (χ0) is 57.4. The average Bonchev–Trinajstić information content (AvgIpc) is 4.05. The number of hydrogen-bond donors (Lipinski definition) is 2. The van der Waals surface area contributed by atoms with E-state index in [2.05, 4.69) is 37.1 Å². The number of aryl methyl sites for hydroxylation is 1. The first-order chi connectivity index (χ1) is 37.0. The van der Waals surface area contributed by atoms with Gasteiger partial charge in [0.2, 0.25) is 12.3 Å². The molecule has 2 atom stereocenters. The number of nitrogens with zero attached hydrogens (tertiary/aromatic N) is 6. The number of methoxy groups -OCH3 is 3. The van der Waals surface area contributed by atoms with Gasteiger partial charge in [0.1, 0.15) is 23.3 Å². The number of amides is 3. The minimum Gasteiger partial charge on any atom is -0.496 e. The van der Waals surface area contributed by atoms with Crippen molar-refractivity contribution < 1.29 is 37.7 Å². The normalized spacial score (nSPS) is 17.1. The molecule has 2 unspecified atom stereocenters. The standard InChI is InChI=1S/C45H57N7O6S.C10H18FNO.C5H12O/c1-31(46-2)43(59-6)32-12-13-33(26-48-44(54)39-11-10-17-52(39)30-53)40(23-32)58-22-9-7-8-16-50-18-20-51(21-19-50)29-38-41(56-4)24-34(25-42(38)57-5)37-28-49(3)45(55)36-27-47-15-14-35(36)37;1-7(9(2,3)4)12-8(13)10(11)5-6-10;1-5(2,3)6-4/h12-15,23-25,27-28,30,39H,2,7-11,16-22,26,29H2,1,3-6H3,(H,48,54);7H,5-6H2,1-4H3,(H,12,13);1-4H3/b43-31-;;. The maximum atomic E-state index is 13.2. The van der Waals surface area contributed by atoms with Crippen molar-refractivity contribution in [1.29, 1.82) is 0 Å². The lowest BCUT2D eigenvalue weighted by molar-refractivity contribution is -0.131. The van der Waals surface area contributed by atoms with Crippen LogP contribution >= 0.6 is 11.8 Å². The summed E-state index contributed by atoms with van der Waals surface area (Å²) in [6.07, 6.45) is 13.3. The number of benzene rings is 2. The van der Waals surface area contributed by atoms with Crippen LogP contribution in [0.4, 0.5) is 4.39 Å². The van der Waals surface area contributed by atoms with E-state index >= 15 is 0 Å². The Hall–Kier alpha value is -5.82. The highest BCUT2D eigenvalue weighted by atomic mass is 32.2. The summed E-state index contributed by atoms with van der Waals surface area (Å²) in [5, 5.41) is 7.15. The lowest BCUT2D eigenvalue weighted by Crippen LogP contribution is -2.46. The number of alkyl halides is 1. The van der Waals surface area contributed by atoms with Crippen molar-refractivity contribution in [1.82, 2.24) is 34.9 Å². The second-order valence-electron chi connectivity index (χ2n) is 22.4. The van der Waals surface area contributed by atoms with Gasteiger partial charge in [-0.1, -0.05) is 32.9 Å². The van der Waals surface area contributed by atoms with Crippen molar-refractivity contribution in [3.63, 3.8) is 0 Å². The molecule has 2 aromatic heterocycles. The average molecular weight is 1100 g/mol. The number of fused-ring (bicyclic) bond motifs is 1. The zero-order valence-electron chi connectivity index (χ0n) is 48.7. The Morgan fingerprint density at radius 3 is 2.18 bits per heavy atom. The third kappa shape index (κ3) is 17.6. The van der Waals surface area contributed by atoms with Crippen LogP contribution in [0, 0.1) is 5.41 Å². The second kappa shape index (κ2) is 28.9. The van der Waals surface area contributed by atoms with Gasteiger partial charge in [-0.25, -0.2) is 4.39 Å². The van der Waals surface area contributed by atoms with Crippen LogP contribution in [-0.4, -0.2) is 146 Å². The van der Waals surface area contributed by atoms with Gasteiger partial charge in [-0.2, -0.15) is 0 Å². The number of thioether (sulfide) groups is 1. The number of carbonyl (C=O) groups excluding carboxylic acids is 3. The van der Waals surface area contributed by atoms with Crippen LogP contribution in [0.25, 0.3) is 26.8 Å². The quantitative estimate of drug-likeness (QED) is 0.0461. The molecule has 78 heavy (non-hydrogen) atoms. The topological polar surface area (TPSA) is 169 Å². The first-order valence-electron chi connectivity index (χ1n) is 27.2. The number of aliphatic imine (C=N–C) groups is 1. The molecule has 428 valence electrons. The second-order valence-corrected chi connectivity index (χ2v) is 23.2. The first-order valence-corrected chi connectivity index (χ1v) is 28.4. The summed E-state index contributed by atoms with van der Waals surface area (Å²) >= 11 is 1.61. The van der Waals surface area contributed by atoms with Crippen LogP contribution in [0.5, 0.6) is 17.2 Å². The maximum Gasteiger partial charge on any atom is 0.259 e. The van der Waals surface area contributed by atoms with Crippen molar-refractivity contribution in [3.8, 4) is 28.4 Å². The molecule has 3 aliphatic rings. The van der Waals surface area contributed by atoms with E-state index in [1.807, 2.05) is 104 Å². The highest BCUT2D eigenvalue weighted by Crippen LogP contribution is 2.41. The molecule has 2 saturated heterocycles. The summed E-state index contributed by atoms with van der Waals surface area (Å²) in [5.74, 6) is 1.67. The highest BCUT2D eigenvalue weighted by Gasteiger charge is 2.51. The van der Waals surface area contributed by atoms with Crippen LogP contribution in [0.2, 0.25) is 0 Å². The van der Waals surface area contributed by atoms with Crippen LogP contribution in [0.15, 0.2) is 70.5 Å². The lowest BCUT2D eigenvalue weighted by Gasteiger charge is -2.35. The predicted octanol–water partition coefficient (Wildman–Crippen LogP) is 9.44. The van der Waals surface area contributed by atoms with E-state index in [-0.39, 0.29) is 28.5 Å². The number of aromatic nitrogens is 2. The molecule has 18 heteroatoms. The molecule has 16 nitrogen and oxygen atoms in total. The molecule has 2 aromatic carbocycles. The molecular weight excluding hydrogens is 1010 g/mol. The number of allylic oxidation sites excluding steroid dienone is 1. The molecule has 1 aliphatic carbocycles. The Kier molecular flexibility index (Phi) is 23.3. The van der Waals surface area contributed by atoms with Crippen molar-refractivity contribution in [2.75, 3.05) is 73.5 Å². The van der Waals surface area contributed by atoms with Crippen LogP contribution in [-0.2, 0) is 39.3 Å². The van der Waals surface area contributed by atoms with Gasteiger partial charge in [-0.05, 0) is 145 Å². The smallest absolute Gasteiger partial charge is 0.259 e. The van der Waals surface area contributed by atoms with E-state index < -0.39 is 17.6 Å². The number of ether oxygens (including phenoxy) is 4. The minimum atomic E-state index is -1.54. The summed E-state index contributed by atoms with van der Waals surface area (Å²) < 4.78 is 38.0. The van der Waals surface area contributed by atoms with E-state index in [1.54, 1.807) is 62.0 Å². The van der Waals surface area contributed by atoms with E-state index in [1.165, 1.54) is 0 Å². The van der Waals surface area contributed by atoms with E-state index in [0.29, 0.717) is 50.9 Å². The van der Waals surface area contributed by atoms with E-state index in [9.17, 15) is 23.6 Å². The summed E-state index contributed by atoms with van der Waals surface area (Å²) in [6.45, 7) is 26.8. The Labute approximate surface area is 466 Å². The molecule has 0 bridgehead atoms. The fraction of sp³-hybridized carbons (Fsp3) is 0.567. The number of nitrogens with one attached hydrogen (secondary N) is 2. The number of rotatable bonds is 21. The number of unbranched alkanes of at least 4 members (excludes halogenated alkanes) is 2. The largest absolute Gasteiger partial charge is 0.496 e. The summed E-state index contributed by atoms with van der Waals surface area (Å²) in [4.78, 5) is 64.4. The molecule has 4 heterocycles. The molecule has 0 radical (unpaired) electrons. The summed E-state index contributed by atoms with van der Waals surface area (Å²) in [7, 11) is 6.84. The third-order valence-electron chi connectivity index (χ3n) is 14.8. The molecule has 2 N–H and O–H groups in total. The monoisotopic (exact) mass is 1100 g/mol. The number of carbonyl (C=O) groups is 3. The van der Waals surface area contributed by atoms with Gasteiger partial charge in [-0.15, -0.1) is 11.8 Å². The molecule has 0 spiro atoms. The van der Waals surface area contributed by atoms with Crippen molar-refractivity contribution in [3.05, 3.63) is 87.7 Å². The van der Waals surface area contributed by atoms with E-state index in [4.69, 9.17) is 18.9 Å². The van der Waals surface area contributed by atoms with Crippen molar-refractivity contribution >= 4 is 52.4 Å². The fourth-order valence-electron chi connectivity index (χ4n) is 8.93. The van der Waals surface area contributed by atoms with Gasteiger partial charge in [-0.3, -0.25) is 34.1 Å². The lowest BCUT2D eigenvalue weighted by atomic mass is 9.88. The van der Waals surface area contributed by atoms with Crippen LogP contribution < -0.4 is 30.4 Å².